The van der Waals surface area contributed by atoms with Crippen LogP contribution in [0.3, 0.4) is 0 Å². The normalized spacial score (nSPS) is 19.5. The Labute approximate surface area is 395 Å². The minimum atomic E-state index is -3.73. The predicted octanol–water partition coefficient (Wildman–Crippen LogP) is 5.17. The Kier molecular flexibility index (Phi) is 12.8. The number of aromatic nitrogens is 3. The van der Waals surface area contributed by atoms with Crippen molar-refractivity contribution in [1.82, 2.24) is 34.8 Å². The topological polar surface area (TPSA) is 189 Å². The summed E-state index contributed by atoms with van der Waals surface area (Å²) >= 11 is 0. The zero-order valence-electron chi connectivity index (χ0n) is 38.3. The highest BCUT2D eigenvalue weighted by Crippen LogP contribution is 2.40. The van der Waals surface area contributed by atoms with Crippen molar-refractivity contribution in [3.63, 3.8) is 0 Å². The highest BCUT2D eigenvalue weighted by atomic mass is 32.2. The first-order valence-electron chi connectivity index (χ1n) is 22.4. The summed E-state index contributed by atoms with van der Waals surface area (Å²) in [5, 5.41) is 7.00. The number of halogens is 3. The van der Waals surface area contributed by atoms with Gasteiger partial charge in [-0.25, -0.2) is 31.4 Å². The van der Waals surface area contributed by atoms with Crippen LogP contribution < -0.4 is 29.3 Å². The van der Waals surface area contributed by atoms with E-state index < -0.39 is 69.7 Å². The van der Waals surface area contributed by atoms with Crippen molar-refractivity contribution >= 4 is 56.1 Å². The molecule has 2 aromatic heterocycles. The molecule has 364 valence electrons. The van der Waals surface area contributed by atoms with E-state index in [2.05, 4.69) is 15.4 Å². The van der Waals surface area contributed by atoms with Gasteiger partial charge in [0.1, 0.15) is 21.4 Å². The minimum Gasteiger partial charge on any atom is -0.493 e. The largest absolute Gasteiger partial charge is 0.493 e. The summed E-state index contributed by atoms with van der Waals surface area (Å²) in [7, 11) is -0.623. The summed E-state index contributed by atoms with van der Waals surface area (Å²) in [4.78, 5) is 64.4. The van der Waals surface area contributed by atoms with Gasteiger partial charge < -0.3 is 19.1 Å². The molecule has 3 fully saturated rings. The van der Waals surface area contributed by atoms with Crippen LogP contribution in [0.25, 0.3) is 10.9 Å². The van der Waals surface area contributed by atoms with Gasteiger partial charge in [-0.1, -0.05) is 18.2 Å². The first kappa shape index (κ1) is 47.3. The van der Waals surface area contributed by atoms with Crippen LogP contribution in [-0.4, -0.2) is 145 Å². The molecule has 69 heavy (non-hydrogen) atoms. The van der Waals surface area contributed by atoms with Crippen molar-refractivity contribution in [2.24, 2.45) is 7.05 Å². The number of nitrogens with zero attached hydrogens (tertiary/aromatic N) is 8. The molecule has 9 rings (SSSR count). The monoisotopic (exact) mass is 973 g/mol. The number of anilines is 2. The van der Waals surface area contributed by atoms with Crippen molar-refractivity contribution in [2.45, 2.75) is 44.3 Å². The lowest BCUT2D eigenvalue weighted by Crippen LogP contribution is -2.61. The molecule has 0 unspecified atom stereocenters. The number of aryl methyl sites for hydroxylation is 1. The molecule has 2 atom stereocenters. The third-order valence-corrected chi connectivity index (χ3v) is 13.8. The van der Waals surface area contributed by atoms with E-state index in [0.717, 1.165) is 16.7 Å². The number of likely N-dealkylation sites (tertiary alicyclic amines) is 1. The Morgan fingerprint density at radius 3 is 2.33 bits per heavy atom. The predicted molar refractivity (Wildman–Crippen MR) is 246 cm³/mol. The highest BCUT2D eigenvalue weighted by Gasteiger charge is 2.49. The number of alkyl halides is 2. The Morgan fingerprint density at radius 1 is 0.899 bits per heavy atom. The molecule has 3 saturated heterocycles. The molecule has 0 aliphatic carbocycles. The van der Waals surface area contributed by atoms with E-state index in [0.29, 0.717) is 40.3 Å². The Balaban J connectivity index is 0.822. The van der Waals surface area contributed by atoms with Crippen molar-refractivity contribution in [2.75, 3.05) is 81.3 Å². The quantitative estimate of drug-likeness (QED) is 0.144. The standard InChI is InChI=1S/C47H50F3N9O9S/c1-5-67-38-22-29(8-11-36(38)66-3)35(26-69(4,64)65)59-44(61)31-12-15-51-43(41(31)45(59)62)57-20-18-56(19-21-57)39-13-16-55(27-47(39,49)50)25-28-6-9-30(10-7-28)68-37-24-34-32(23-33(37)48)42(53-54(34)2)58-17-14-40(60)52-46(58)63/h6-12,15,22-24,35,39H,5,13-14,16-21,25-27H2,1-4H3,(H,52,60,63)/t35-,39-/m1/s1. The smallest absolute Gasteiger partial charge is 0.329 e. The van der Waals surface area contributed by atoms with E-state index in [1.54, 1.807) is 71.1 Å². The van der Waals surface area contributed by atoms with Gasteiger partial charge in [0.05, 0.1) is 54.7 Å². The molecule has 18 nitrogen and oxygen atoms in total. The number of amides is 5. The van der Waals surface area contributed by atoms with Crippen molar-refractivity contribution in [3.8, 4) is 23.0 Å². The van der Waals surface area contributed by atoms with E-state index in [1.165, 1.54) is 41.1 Å². The lowest BCUT2D eigenvalue weighted by Gasteiger charge is -2.46. The van der Waals surface area contributed by atoms with E-state index in [9.17, 15) is 27.6 Å². The summed E-state index contributed by atoms with van der Waals surface area (Å²) in [5.41, 5.74) is 1.71. The second kappa shape index (κ2) is 18.6. The average molecular weight is 974 g/mol. The van der Waals surface area contributed by atoms with Crippen LogP contribution in [0.1, 0.15) is 57.7 Å². The fraction of sp³-hybridized carbons (Fsp3) is 0.404. The zero-order chi connectivity index (χ0) is 48.9. The van der Waals surface area contributed by atoms with Crippen LogP contribution >= 0.6 is 0 Å². The fourth-order valence-corrected chi connectivity index (χ4v) is 10.6. The number of carbonyl (C=O) groups is 4. The Bertz CT molecular complexity index is 2970. The van der Waals surface area contributed by atoms with E-state index in [4.69, 9.17) is 14.2 Å². The lowest BCUT2D eigenvalue weighted by molar-refractivity contribution is -0.129. The van der Waals surface area contributed by atoms with E-state index in [1.807, 2.05) is 0 Å². The van der Waals surface area contributed by atoms with Crippen molar-refractivity contribution in [3.05, 3.63) is 94.9 Å². The molecule has 0 bridgehead atoms. The summed E-state index contributed by atoms with van der Waals surface area (Å²) in [6.45, 7) is 3.33. The molecule has 4 aliphatic rings. The maximum absolute atomic E-state index is 16.1. The number of piperazine rings is 1. The number of rotatable bonds is 14. The highest BCUT2D eigenvalue weighted by molar-refractivity contribution is 7.90. The molecule has 0 spiro atoms. The number of hydrogen-bond acceptors (Lipinski definition) is 14. The Morgan fingerprint density at radius 2 is 1.65 bits per heavy atom. The lowest BCUT2D eigenvalue weighted by atomic mass is 9.97. The second-order valence-corrected chi connectivity index (χ2v) is 19.7. The molecule has 5 amide bonds. The number of pyridine rings is 1. The maximum Gasteiger partial charge on any atom is 0.329 e. The number of nitrogens with one attached hydrogen (secondary N) is 1. The summed E-state index contributed by atoms with van der Waals surface area (Å²) in [6.07, 6.45) is 2.73. The molecule has 4 aliphatic heterocycles. The van der Waals surface area contributed by atoms with Crippen molar-refractivity contribution in [1.29, 1.82) is 0 Å². The van der Waals surface area contributed by atoms with Crippen LogP contribution in [0, 0.1) is 5.82 Å². The number of hydrogen-bond donors (Lipinski definition) is 1. The number of carbonyl (C=O) groups excluding carboxylic acids is 4. The first-order valence-corrected chi connectivity index (χ1v) is 24.5. The average Bonchev–Trinajstić information content (AvgIpc) is 3.75. The number of benzene rings is 3. The van der Waals surface area contributed by atoms with Crippen LogP contribution in [0.15, 0.2) is 66.9 Å². The third kappa shape index (κ3) is 9.39. The van der Waals surface area contributed by atoms with Crippen LogP contribution in [0.4, 0.5) is 29.6 Å². The van der Waals surface area contributed by atoms with E-state index in [-0.39, 0.29) is 87.2 Å². The number of methoxy groups -OCH3 is 1. The van der Waals surface area contributed by atoms with Crippen LogP contribution in [0.2, 0.25) is 0 Å². The molecular weight excluding hydrogens is 924 g/mol. The molecule has 5 aromatic rings. The van der Waals surface area contributed by atoms with Gasteiger partial charge in [-0.2, -0.15) is 5.10 Å². The molecule has 6 heterocycles. The van der Waals surface area contributed by atoms with Gasteiger partial charge in [-0.15, -0.1) is 0 Å². The molecule has 0 radical (unpaired) electrons. The summed E-state index contributed by atoms with van der Waals surface area (Å²) in [6, 6.07) is 12.8. The van der Waals surface area contributed by atoms with Gasteiger partial charge in [0.25, 0.3) is 17.7 Å². The number of urea groups is 1. The first-order chi connectivity index (χ1) is 32.9. The summed E-state index contributed by atoms with van der Waals surface area (Å²) in [5.74, 6) is -4.68. The van der Waals surface area contributed by atoms with Gasteiger partial charge >= 0.3 is 6.03 Å². The van der Waals surface area contributed by atoms with Gasteiger partial charge in [0.15, 0.2) is 28.9 Å². The number of ether oxygens (including phenoxy) is 3. The molecule has 1 N–H and O–H groups in total. The van der Waals surface area contributed by atoms with Gasteiger partial charge in [-0.3, -0.25) is 44.0 Å². The molecule has 0 saturated carbocycles. The summed E-state index contributed by atoms with van der Waals surface area (Å²) < 4.78 is 91.5. The minimum absolute atomic E-state index is 0.0326. The van der Waals surface area contributed by atoms with Gasteiger partial charge in [0, 0.05) is 83.2 Å². The van der Waals surface area contributed by atoms with Gasteiger partial charge in [0.2, 0.25) is 5.91 Å². The molecule has 22 heteroatoms. The SMILES string of the molecule is CCOc1cc([C@@H](CS(C)(=O)=O)N2C(=O)c3ccnc(N4CCN([C@@H]5CCN(Cc6ccc(Oc7cc8c(cc7F)c(N7CCC(=O)NC7=O)nn8C)cc6)CC5(F)F)CC4)c3C2=O)ccc1OC. The van der Waals surface area contributed by atoms with Crippen LogP contribution in [0.5, 0.6) is 23.0 Å². The Hall–Kier alpha value is -6.78. The van der Waals surface area contributed by atoms with E-state index >= 15 is 13.2 Å². The second-order valence-electron chi connectivity index (χ2n) is 17.5. The zero-order valence-corrected chi connectivity index (χ0v) is 39.1. The van der Waals surface area contributed by atoms with Gasteiger partial charge in [-0.05, 0) is 60.9 Å². The maximum atomic E-state index is 16.1. The van der Waals surface area contributed by atoms with Crippen molar-refractivity contribution < 1.29 is 55.0 Å². The number of imide groups is 2. The fourth-order valence-electron chi connectivity index (χ4n) is 9.64. The molecule has 3 aromatic carbocycles. The number of piperidine rings is 1. The van der Waals surface area contributed by atoms with Crippen LogP contribution in [-0.2, 0) is 28.2 Å². The third-order valence-electron chi connectivity index (χ3n) is 12.9. The number of sulfone groups is 1. The molecular formula is C47H50F3N9O9S. The number of fused-ring (bicyclic) bond motifs is 2.